The van der Waals surface area contributed by atoms with Gasteiger partial charge in [0.15, 0.2) is 0 Å². The molecule has 0 aromatic heterocycles. The van der Waals surface area contributed by atoms with E-state index in [1.807, 2.05) is 32.0 Å². The molecule has 2 amide bonds. The number of hydrogen-bond acceptors (Lipinski definition) is 3. The first-order valence-corrected chi connectivity index (χ1v) is 6.93. The highest BCUT2D eigenvalue weighted by Crippen LogP contribution is 2.16. The number of fused-ring (bicyclic) bond motifs is 1. The van der Waals surface area contributed by atoms with Crippen LogP contribution < -0.4 is 16.0 Å². The maximum absolute atomic E-state index is 12.0. The molecule has 0 aliphatic carbocycles. The molecular weight excluding hydrogens is 254 g/mol. The topological polar surface area (TPSA) is 70.2 Å². The van der Waals surface area contributed by atoms with Gasteiger partial charge in [-0.05, 0) is 31.4 Å². The monoisotopic (exact) mass is 275 g/mol. The predicted molar refractivity (Wildman–Crippen MR) is 77.1 cm³/mol. The maximum Gasteiger partial charge on any atom is 0.239 e. The zero-order chi connectivity index (χ0) is 14.5. The lowest BCUT2D eigenvalue weighted by Gasteiger charge is -2.25. The minimum absolute atomic E-state index is 0.0246. The number of benzene rings is 1. The summed E-state index contributed by atoms with van der Waals surface area (Å²) < 4.78 is 0. The summed E-state index contributed by atoms with van der Waals surface area (Å²) in [6.45, 7) is 4.49. The van der Waals surface area contributed by atoms with Gasteiger partial charge in [0, 0.05) is 12.6 Å². The Labute approximate surface area is 119 Å². The molecule has 2 rings (SSSR count). The SMILES string of the molecule is CC(C)NC(=O)CNC(=O)[C@@H]1Cc2ccccc2CN1. The van der Waals surface area contributed by atoms with Gasteiger partial charge in [0.1, 0.15) is 0 Å². The molecule has 1 aromatic rings. The van der Waals surface area contributed by atoms with E-state index in [4.69, 9.17) is 0 Å². The Morgan fingerprint density at radius 2 is 2.00 bits per heavy atom. The van der Waals surface area contributed by atoms with Crippen LogP contribution in [0.1, 0.15) is 25.0 Å². The fourth-order valence-corrected chi connectivity index (χ4v) is 2.30. The number of nitrogens with one attached hydrogen (secondary N) is 3. The van der Waals surface area contributed by atoms with Crippen molar-refractivity contribution in [1.82, 2.24) is 16.0 Å². The van der Waals surface area contributed by atoms with Crippen LogP contribution >= 0.6 is 0 Å². The summed E-state index contributed by atoms with van der Waals surface area (Å²) in [5.41, 5.74) is 2.42. The lowest BCUT2D eigenvalue weighted by molar-refractivity contribution is -0.127. The van der Waals surface area contributed by atoms with E-state index in [-0.39, 0.29) is 30.4 Å². The summed E-state index contributed by atoms with van der Waals surface area (Å²) in [6, 6.07) is 7.90. The van der Waals surface area contributed by atoms with Crippen molar-refractivity contribution in [2.45, 2.75) is 38.9 Å². The van der Waals surface area contributed by atoms with Gasteiger partial charge in [0.25, 0.3) is 0 Å². The Morgan fingerprint density at radius 1 is 1.30 bits per heavy atom. The van der Waals surface area contributed by atoms with Crippen molar-refractivity contribution in [1.29, 1.82) is 0 Å². The molecule has 1 aliphatic heterocycles. The zero-order valence-corrected chi connectivity index (χ0v) is 11.9. The molecule has 0 spiro atoms. The molecule has 20 heavy (non-hydrogen) atoms. The van der Waals surface area contributed by atoms with Crippen molar-refractivity contribution >= 4 is 11.8 Å². The zero-order valence-electron chi connectivity index (χ0n) is 11.9. The van der Waals surface area contributed by atoms with Gasteiger partial charge in [-0.2, -0.15) is 0 Å². The largest absolute Gasteiger partial charge is 0.352 e. The van der Waals surface area contributed by atoms with Crippen LogP contribution in [0, 0.1) is 0 Å². The second kappa shape index (κ2) is 6.52. The smallest absolute Gasteiger partial charge is 0.239 e. The van der Waals surface area contributed by atoms with E-state index in [0.717, 1.165) is 0 Å². The van der Waals surface area contributed by atoms with Gasteiger partial charge in [-0.25, -0.2) is 0 Å². The Balaban J connectivity index is 1.84. The minimum Gasteiger partial charge on any atom is -0.352 e. The standard InChI is InChI=1S/C15H21N3O2/c1-10(2)18-14(19)9-17-15(20)13-7-11-5-3-4-6-12(11)8-16-13/h3-6,10,13,16H,7-9H2,1-2H3,(H,17,20)(H,18,19)/t13-/m0/s1. The quantitative estimate of drug-likeness (QED) is 0.742. The first-order chi connectivity index (χ1) is 9.56. The van der Waals surface area contributed by atoms with Crippen LogP contribution in [0.25, 0.3) is 0 Å². The van der Waals surface area contributed by atoms with Gasteiger partial charge >= 0.3 is 0 Å². The summed E-state index contributed by atoms with van der Waals surface area (Å²) >= 11 is 0. The molecule has 5 nitrogen and oxygen atoms in total. The summed E-state index contributed by atoms with van der Waals surface area (Å²) in [4.78, 5) is 23.5. The summed E-state index contributed by atoms with van der Waals surface area (Å²) in [6.07, 6.45) is 0.661. The molecule has 3 N–H and O–H groups in total. The molecule has 1 atom stereocenters. The Bertz CT molecular complexity index is 500. The number of carbonyl (C=O) groups excluding carboxylic acids is 2. The summed E-state index contributed by atoms with van der Waals surface area (Å²) in [7, 11) is 0. The van der Waals surface area contributed by atoms with Gasteiger partial charge in [0.2, 0.25) is 11.8 Å². The van der Waals surface area contributed by atoms with Crippen molar-refractivity contribution in [3.8, 4) is 0 Å². The first-order valence-electron chi connectivity index (χ1n) is 6.93. The lowest BCUT2D eigenvalue weighted by atomic mass is 9.95. The van der Waals surface area contributed by atoms with Crippen LogP contribution in [0.3, 0.4) is 0 Å². The molecular formula is C15H21N3O2. The van der Waals surface area contributed by atoms with E-state index in [0.29, 0.717) is 13.0 Å². The van der Waals surface area contributed by atoms with Crippen LogP contribution in [0.15, 0.2) is 24.3 Å². The lowest BCUT2D eigenvalue weighted by Crippen LogP contribution is -2.50. The fourth-order valence-electron chi connectivity index (χ4n) is 2.30. The second-order valence-corrected chi connectivity index (χ2v) is 5.35. The van der Waals surface area contributed by atoms with Crippen molar-refractivity contribution in [3.63, 3.8) is 0 Å². The van der Waals surface area contributed by atoms with E-state index in [1.54, 1.807) is 0 Å². The third-order valence-corrected chi connectivity index (χ3v) is 3.27. The van der Waals surface area contributed by atoms with Gasteiger partial charge < -0.3 is 16.0 Å². The molecule has 1 heterocycles. The highest BCUT2D eigenvalue weighted by molar-refractivity contribution is 5.87. The molecule has 0 bridgehead atoms. The van der Waals surface area contributed by atoms with E-state index in [9.17, 15) is 9.59 Å². The van der Waals surface area contributed by atoms with Crippen LogP contribution in [-0.4, -0.2) is 30.4 Å². The molecule has 0 radical (unpaired) electrons. The van der Waals surface area contributed by atoms with E-state index in [2.05, 4.69) is 22.0 Å². The van der Waals surface area contributed by atoms with Crippen molar-refractivity contribution < 1.29 is 9.59 Å². The third-order valence-electron chi connectivity index (χ3n) is 3.27. The third kappa shape index (κ3) is 3.81. The molecule has 0 saturated heterocycles. The maximum atomic E-state index is 12.0. The van der Waals surface area contributed by atoms with Crippen molar-refractivity contribution in [3.05, 3.63) is 35.4 Å². The van der Waals surface area contributed by atoms with Crippen molar-refractivity contribution in [2.24, 2.45) is 0 Å². The van der Waals surface area contributed by atoms with Gasteiger partial charge in [-0.15, -0.1) is 0 Å². The number of carbonyl (C=O) groups is 2. The molecule has 0 fully saturated rings. The fraction of sp³-hybridized carbons (Fsp3) is 0.467. The number of hydrogen-bond donors (Lipinski definition) is 3. The Morgan fingerprint density at radius 3 is 2.70 bits per heavy atom. The molecule has 1 aromatic carbocycles. The average molecular weight is 275 g/mol. The van der Waals surface area contributed by atoms with Gasteiger partial charge in [-0.3, -0.25) is 9.59 Å². The first kappa shape index (κ1) is 14.5. The normalized spacial score (nSPS) is 17.4. The van der Waals surface area contributed by atoms with Crippen LogP contribution in [0.5, 0.6) is 0 Å². The van der Waals surface area contributed by atoms with E-state index in [1.165, 1.54) is 11.1 Å². The minimum atomic E-state index is -0.267. The number of amides is 2. The Hall–Kier alpha value is -1.88. The van der Waals surface area contributed by atoms with Crippen molar-refractivity contribution in [2.75, 3.05) is 6.54 Å². The van der Waals surface area contributed by atoms with Gasteiger partial charge in [-0.1, -0.05) is 24.3 Å². The van der Waals surface area contributed by atoms with Gasteiger partial charge in [0.05, 0.1) is 12.6 Å². The average Bonchev–Trinajstić information content (AvgIpc) is 2.43. The van der Waals surface area contributed by atoms with Crippen LogP contribution in [0.2, 0.25) is 0 Å². The van der Waals surface area contributed by atoms with E-state index < -0.39 is 0 Å². The molecule has 5 heteroatoms. The summed E-state index contributed by atoms with van der Waals surface area (Å²) in [5.74, 6) is -0.289. The molecule has 0 unspecified atom stereocenters. The second-order valence-electron chi connectivity index (χ2n) is 5.35. The highest BCUT2D eigenvalue weighted by Gasteiger charge is 2.23. The molecule has 0 saturated carbocycles. The summed E-state index contributed by atoms with van der Waals surface area (Å²) in [5, 5.41) is 8.61. The molecule has 108 valence electrons. The highest BCUT2D eigenvalue weighted by atomic mass is 16.2. The van der Waals surface area contributed by atoms with Crippen LogP contribution in [0.4, 0.5) is 0 Å². The Kier molecular flexibility index (Phi) is 4.74. The van der Waals surface area contributed by atoms with E-state index >= 15 is 0 Å². The van der Waals surface area contributed by atoms with Crippen LogP contribution in [-0.2, 0) is 22.6 Å². The predicted octanol–water partition coefficient (Wildman–Crippen LogP) is 0.342. The molecule has 1 aliphatic rings. The number of rotatable bonds is 4.